The van der Waals surface area contributed by atoms with Crippen LogP contribution < -0.4 is 4.74 Å². The number of nitro benzene ring substituents is 1. The minimum absolute atomic E-state index is 0.0695. The summed E-state index contributed by atoms with van der Waals surface area (Å²) in [5.41, 5.74) is 3.14. The Balaban J connectivity index is 1.61. The van der Waals surface area contributed by atoms with Crippen molar-refractivity contribution >= 4 is 46.2 Å². The van der Waals surface area contributed by atoms with Gasteiger partial charge in [0, 0.05) is 33.7 Å². The third-order valence-electron chi connectivity index (χ3n) is 5.38. The van der Waals surface area contributed by atoms with E-state index in [-0.39, 0.29) is 16.8 Å². The van der Waals surface area contributed by atoms with Crippen LogP contribution in [0.3, 0.4) is 0 Å². The van der Waals surface area contributed by atoms with Gasteiger partial charge in [-0.3, -0.25) is 10.1 Å². The lowest BCUT2D eigenvalue weighted by Gasteiger charge is -2.38. The minimum Gasteiger partial charge on any atom is -0.464 e. The van der Waals surface area contributed by atoms with Crippen molar-refractivity contribution in [3.05, 3.63) is 103 Å². The third kappa shape index (κ3) is 3.61. The summed E-state index contributed by atoms with van der Waals surface area (Å²) >= 11 is 18.3. The topological polar surface area (TPSA) is 68.0 Å². The predicted octanol–water partition coefficient (Wildman–Crippen LogP) is 6.80. The van der Waals surface area contributed by atoms with Crippen LogP contribution >= 0.6 is 34.8 Å². The monoisotopic (exact) mass is 473 g/mol. The molecule has 0 amide bonds. The second-order valence-corrected chi connectivity index (χ2v) is 8.55. The second-order valence-electron chi connectivity index (χ2n) is 7.27. The molecule has 0 saturated heterocycles. The zero-order valence-corrected chi connectivity index (χ0v) is 18.1. The molecule has 31 heavy (non-hydrogen) atoms. The molecule has 156 valence electrons. The smallest absolute Gasteiger partial charge is 0.288 e. The van der Waals surface area contributed by atoms with E-state index in [1.54, 1.807) is 12.1 Å². The number of benzene rings is 3. The molecule has 6 nitrogen and oxygen atoms in total. The highest BCUT2D eigenvalue weighted by Crippen LogP contribution is 2.48. The standard InChI is InChI=1S/C22H14Cl3N3O3/c23-14-4-1-12(2-5-14)18-11-19-16-10-15(24)6-8-21(16)31-22(27(19)26-18)13-3-7-17(25)20(9-13)28(29)30/h1-10,19,22H,11H2/t19-,22-/m1/s1. The van der Waals surface area contributed by atoms with Crippen LogP contribution in [0.15, 0.2) is 65.8 Å². The average molecular weight is 475 g/mol. The van der Waals surface area contributed by atoms with E-state index in [1.807, 2.05) is 41.4 Å². The maximum Gasteiger partial charge on any atom is 0.288 e. The Morgan fingerprint density at radius 3 is 2.48 bits per heavy atom. The average Bonchev–Trinajstić information content (AvgIpc) is 3.20. The first-order chi connectivity index (χ1) is 14.9. The van der Waals surface area contributed by atoms with Gasteiger partial charge in [-0.2, -0.15) is 5.10 Å². The van der Waals surface area contributed by atoms with Crippen molar-refractivity contribution in [1.82, 2.24) is 5.01 Å². The summed E-state index contributed by atoms with van der Waals surface area (Å²) in [4.78, 5) is 10.9. The van der Waals surface area contributed by atoms with Gasteiger partial charge in [0.1, 0.15) is 10.8 Å². The lowest BCUT2D eigenvalue weighted by atomic mass is 9.96. The number of halogens is 3. The Kier molecular flexibility index (Phi) is 5.01. The highest BCUT2D eigenvalue weighted by Gasteiger charge is 2.41. The van der Waals surface area contributed by atoms with E-state index in [9.17, 15) is 10.1 Å². The molecular weight excluding hydrogens is 461 g/mol. The summed E-state index contributed by atoms with van der Waals surface area (Å²) < 4.78 is 6.24. The molecule has 2 atom stereocenters. The summed E-state index contributed by atoms with van der Waals surface area (Å²) in [6.07, 6.45) is -0.0238. The second kappa shape index (κ2) is 7.71. The van der Waals surface area contributed by atoms with E-state index >= 15 is 0 Å². The maximum atomic E-state index is 11.4. The van der Waals surface area contributed by atoms with Gasteiger partial charge in [-0.15, -0.1) is 0 Å². The fraction of sp³-hybridized carbons (Fsp3) is 0.136. The van der Waals surface area contributed by atoms with Gasteiger partial charge in [0.25, 0.3) is 5.69 Å². The number of hydrazone groups is 1. The Morgan fingerprint density at radius 1 is 1.00 bits per heavy atom. The van der Waals surface area contributed by atoms with Gasteiger partial charge < -0.3 is 4.74 Å². The van der Waals surface area contributed by atoms with Crippen LogP contribution in [-0.4, -0.2) is 15.6 Å². The van der Waals surface area contributed by atoms with Gasteiger partial charge in [-0.1, -0.05) is 53.0 Å². The quantitative estimate of drug-likeness (QED) is 0.309. The number of ether oxygens (including phenoxy) is 1. The summed E-state index contributed by atoms with van der Waals surface area (Å²) in [5, 5.41) is 19.4. The SMILES string of the molecule is O=[N+]([O-])c1cc([C@H]2Oc3ccc(Cl)cc3[C@H]3CC(c4ccc(Cl)cc4)=NN32)ccc1Cl. The molecule has 2 heterocycles. The van der Waals surface area contributed by atoms with Crippen molar-refractivity contribution in [1.29, 1.82) is 0 Å². The molecule has 0 bridgehead atoms. The first kappa shape index (κ1) is 20.1. The van der Waals surface area contributed by atoms with Crippen LogP contribution in [0.25, 0.3) is 0 Å². The van der Waals surface area contributed by atoms with Gasteiger partial charge in [-0.25, -0.2) is 5.01 Å². The van der Waals surface area contributed by atoms with E-state index in [4.69, 9.17) is 44.6 Å². The Bertz CT molecular complexity index is 1230. The van der Waals surface area contributed by atoms with E-state index in [1.165, 1.54) is 12.1 Å². The zero-order chi connectivity index (χ0) is 21.7. The van der Waals surface area contributed by atoms with Crippen molar-refractivity contribution in [2.45, 2.75) is 18.7 Å². The van der Waals surface area contributed by atoms with Gasteiger partial charge in [-0.05, 0) is 42.0 Å². The number of nitro groups is 1. The summed E-state index contributed by atoms with van der Waals surface area (Å²) in [7, 11) is 0. The molecule has 3 aromatic rings. The number of fused-ring (bicyclic) bond motifs is 3. The summed E-state index contributed by atoms with van der Waals surface area (Å²) in [6.45, 7) is 0. The fourth-order valence-corrected chi connectivity index (χ4v) is 4.41. The van der Waals surface area contributed by atoms with Gasteiger partial charge in [0.15, 0.2) is 0 Å². The maximum absolute atomic E-state index is 11.4. The number of rotatable bonds is 3. The molecule has 3 aromatic carbocycles. The van der Waals surface area contributed by atoms with Crippen molar-refractivity contribution < 1.29 is 9.66 Å². The lowest BCUT2D eigenvalue weighted by molar-refractivity contribution is -0.384. The Hall–Kier alpha value is -2.80. The van der Waals surface area contributed by atoms with Crippen LogP contribution in [0.4, 0.5) is 5.69 Å². The van der Waals surface area contributed by atoms with Gasteiger partial charge in [0.2, 0.25) is 6.23 Å². The number of hydrogen-bond donors (Lipinski definition) is 0. The van der Waals surface area contributed by atoms with E-state index in [0.29, 0.717) is 27.8 Å². The molecule has 0 spiro atoms. The molecule has 0 saturated carbocycles. The molecule has 5 rings (SSSR count). The normalized spacial score (nSPS) is 19.3. The molecule has 2 aliphatic heterocycles. The van der Waals surface area contributed by atoms with Crippen LogP contribution in [0.2, 0.25) is 15.1 Å². The Morgan fingerprint density at radius 2 is 1.74 bits per heavy atom. The van der Waals surface area contributed by atoms with E-state index < -0.39 is 11.2 Å². The molecule has 0 unspecified atom stereocenters. The largest absolute Gasteiger partial charge is 0.464 e. The van der Waals surface area contributed by atoms with Gasteiger partial charge >= 0.3 is 0 Å². The molecule has 0 fully saturated rings. The van der Waals surface area contributed by atoms with E-state index in [2.05, 4.69) is 0 Å². The van der Waals surface area contributed by atoms with Crippen LogP contribution in [0.1, 0.15) is 35.4 Å². The highest BCUT2D eigenvalue weighted by molar-refractivity contribution is 6.32. The zero-order valence-electron chi connectivity index (χ0n) is 15.8. The number of hydrogen-bond acceptors (Lipinski definition) is 5. The van der Waals surface area contributed by atoms with Crippen molar-refractivity contribution in [2.75, 3.05) is 0 Å². The Labute approximate surface area is 192 Å². The van der Waals surface area contributed by atoms with Crippen molar-refractivity contribution in [3.63, 3.8) is 0 Å². The van der Waals surface area contributed by atoms with Gasteiger partial charge in [0.05, 0.1) is 16.7 Å². The molecule has 0 N–H and O–H groups in total. The summed E-state index contributed by atoms with van der Waals surface area (Å²) in [5.74, 6) is 0.667. The first-order valence-electron chi connectivity index (χ1n) is 9.42. The highest BCUT2D eigenvalue weighted by atomic mass is 35.5. The molecule has 2 aliphatic rings. The van der Waals surface area contributed by atoms with Crippen molar-refractivity contribution in [2.24, 2.45) is 5.10 Å². The van der Waals surface area contributed by atoms with E-state index in [0.717, 1.165) is 16.8 Å². The van der Waals surface area contributed by atoms with Crippen LogP contribution in [0.5, 0.6) is 5.75 Å². The molecule has 9 heteroatoms. The molecule has 0 aliphatic carbocycles. The molecule has 0 aromatic heterocycles. The predicted molar refractivity (Wildman–Crippen MR) is 120 cm³/mol. The van der Waals surface area contributed by atoms with Crippen LogP contribution in [-0.2, 0) is 0 Å². The summed E-state index contributed by atoms with van der Waals surface area (Å²) in [6, 6.07) is 17.4. The molecule has 0 radical (unpaired) electrons. The molecular formula is C22H14Cl3N3O3. The van der Waals surface area contributed by atoms with Crippen molar-refractivity contribution in [3.8, 4) is 5.75 Å². The number of nitrogens with zero attached hydrogens (tertiary/aromatic N) is 3. The third-order valence-corrected chi connectivity index (χ3v) is 6.19. The minimum atomic E-state index is -0.653. The lowest BCUT2D eigenvalue weighted by Crippen LogP contribution is -2.33. The van der Waals surface area contributed by atoms with Crippen LogP contribution in [0, 0.1) is 10.1 Å². The fourth-order valence-electron chi connectivity index (χ4n) is 3.92. The first-order valence-corrected chi connectivity index (χ1v) is 10.6.